The summed E-state index contributed by atoms with van der Waals surface area (Å²) in [4.78, 5) is 10.9. The molecule has 0 saturated heterocycles. The summed E-state index contributed by atoms with van der Waals surface area (Å²) in [5.74, 6) is -0.317. The fourth-order valence-electron chi connectivity index (χ4n) is 1.39. The van der Waals surface area contributed by atoms with Crippen LogP contribution in [-0.4, -0.2) is 18.5 Å². The first-order valence-electron chi connectivity index (χ1n) is 4.18. The number of rotatable bonds is 3. The smallest absolute Gasteiger partial charge is 0.234 e. The minimum atomic E-state index is -0.317. The molecule has 0 aromatic rings. The van der Waals surface area contributed by atoms with E-state index in [4.69, 9.17) is 5.73 Å². The van der Waals surface area contributed by atoms with Crippen LogP contribution >= 0.6 is 0 Å². The van der Waals surface area contributed by atoms with Crippen molar-refractivity contribution in [2.45, 2.75) is 12.5 Å². The van der Waals surface area contributed by atoms with E-state index < -0.39 is 0 Å². The summed E-state index contributed by atoms with van der Waals surface area (Å²) in [6.07, 6.45) is 4.15. The van der Waals surface area contributed by atoms with Gasteiger partial charge in [-0.15, -0.1) is 0 Å². The third-order valence-corrected chi connectivity index (χ3v) is 2.21. The van der Waals surface area contributed by atoms with Crippen molar-refractivity contribution in [1.29, 1.82) is 0 Å². The average Bonchev–Trinajstić information content (AvgIpc) is 2.16. The van der Waals surface area contributed by atoms with Crippen LogP contribution in [0.2, 0.25) is 0 Å². The molecule has 1 aliphatic rings. The maximum Gasteiger partial charge on any atom is 0.234 e. The van der Waals surface area contributed by atoms with Crippen molar-refractivity contribution in [3.8, 4) is 0 Å². The van der Waals surface area contributed by atoms with Crippen molar-refractivity contribution in [1.82, 2.24) is 5.32 Å². The van der Waals surface area contributed by atoms with E-state index in [1.165, 1.54) is 0 Å². The second kappa shape index (κ2) is 4.05. The maximum absolute atomic E-state index is 10.9. The van der Waals surface area contributed by atoms with Gasteiger partial charge in [0.05, 0.1) is 6.04 Å². The second-order valence-corrected chi connectivity index (χ2v) is 3.00. The van der Waals surface area contributed by atoms with Gasteiger partial charge in [0.15, 0.2) is 0 Å². The van der Waals surface area contributed by atoms with Gasteiger partial charge in [-0.2, -0.15) is 0 Å². The van der Waals surface area contributed by atoms with Crippen molar-refractivity contribution in [2.24, 2.45) is 5.73 Å². The number of hydrogen-bond donors (Lipinski definition) is 2. The highest BCUT2D eigenvalue weighted by molar-refractivity contribution is 5.80. The Hall–Kier alpha value is -1.35. The normalized spacial score (nSPS) is 22.6. The van der Waals surface area contributed by atoms with Gasteiger partial charge in [-0.25, -0.2) is 0 Å². The molecule has 1 amide bonds. The minimum absolute atomic E-state index is 0.267. The number of nitrogens with one attached hydrogen (secondary N) is 1. The molecule has 0 aromatic heterocycles. The lowest BCUT2D eigenvalue weighted by atomic mass is 9.95. The summed E-state index contributed by atoms with van der Waals surface area (Å²) in [6, 6.07) is -0.267. The maximum atomic E-state index is 10.9. The largest absolute Gasteiger partial charge is 0.368 e. The summed E-state index contributed by atoms with van der Waals surface area (Å²) >= 11 is 0. The number of nitrogens with two attached hydrogens (primary N) is 1. The summed E-state index contributed by atoms with van der Waals surface area (Å²) in [5.41, 5.74) is 7.33. The molecular formula is C10H14N2O. The van der Waals surface area contributed by atoms with Crippen LogP contribution in [0, 0.1) is 0 Å². The van der Waals surface area contributed by atoms with Crippen LogP contribution in [0.3, 0.4) is 0 Å². The number of carbonyl (C=O) groups is 1. The lowest BCUT2D eigenvalue weighted by Crippen LogP contribution is -2.44. The van der Waals surface area contributed by atoms with E-state index in [1.54, 1.807) is 12.2 Å². The molecule has 0 aliphatic carbocycles. The Morgan fingerprint density at radius 3 is 2.54 bits per heavy atom. The van der Waals surface area contributed by atoms with E-state index in [2.05, 4.69) is 18.5 Å². The fourth-order valence-corrected chi connectivity index (χ4v) is 1.39. The molecule has 0 saturated carbocycles. The number of carbonyl (C=O) groups excluding carboxylic acids is 1. The predicted octanol–water partition coefficient (Wildman–Crippen LogP) is 0.502. The first kappa shape index (κ1) is 9.74. The van der Waals surface area contributed by atoms with E-state index in [1.807, 2.05) is 0 Å². The Bertz CT molecular complexity index is 279. The molecule has 70 valence electrons. The van der Waals surface area contributed by atoms with Gasteiger partial charge in [-0.05, 0) is 17.6 Å². The summed E-state index contributed by atoms with van der Waals surface area (Å²) in [6.45, 7) is 8.02. The molecule has 1 unspecified atom stereocenters. The van der Waals surface area contributed by atoms with Gasteiger partial charge in [0.2, 0.25) is 5.91 Å². The van der Waals surface area contributed by atoms with Crippen molar-refractivity contribution < 1.29 is 4.79 Å². The van der Waals surface area contributed by atoms with E-state index in [0.717, 1.165) is 11.1 Å². The zero-order valence-corrected chi connectivity index (χ0v) is 7.55. The van der Waals surface area contributed by atoms with Crippen LogP contribution in [0.25, 0.3) is 0 Å². The Labute approximate surface area is 78.0 Å². The van der Waals surface area contributed by atoms with Crippen LogP contribution in [0.1, 0.15) is 6.42 Å². The molecule has 0 radical (unpaired) electrons. The molecule has 1 heterocycles. The molecule has 1 aliphatic heterocycles. The van der Waals surface area contributed by atoms with Gasteiger partial charge in [0.1, 0.15) is 0 Å². The third kappa shape index (κ3) is 2.06. The molecule has 1 atom stereocenters. The number of amides is 1. The van der Waals surface area contributed by atoms with Crippen LogP contribution in [0.15, 0.2) is 36.5 Å². The molecule has 3 nitrogen and oxygen atoms in total. The van der Waals surface area contributed by atoms with Gasteiger partial charge >= 0.3 is 0 Å². The fraction of sp³-hybridized carbons (Fsp3) is 0.300. The third-order valence-electron chi connectivity index (χ3n) is 2.21. The molecule has 1 rings (SSSR count). The SMILES string of the molecule is C=CC1=C(C=C)CC(C(N)=O)NC1. The molecule has 3 N–H and O–H groups in total. The highest BCUT2D eigenvalue weighted by atomic mass is 16.1. The van der Waals surface area contributed by atoms with Gasteiger partial charge in [-0.3, -0.25) is 4.79 Å². The first-order valence-corrected chi connectivity index (χ1v) is 4.18. The topological polar surface area (TPSA) is 55.1 Å². The zero-order chi connectivity index (χ0) is 9.84. The van der Waals surface area contributed by atoms with Crippen molar-refractivity contribution in [3.05, 3.63) is 36.5 Å². The number of hydrogen-bond acceptors (Lipinski definition) is 2. The molecular weight excluding hydrogens is 164 g/mol. The zero-order valence-electron chi connectivity index (χ0n) is 7.55. The Morgan fingerprint density at radius 1 is 1.46 bits per heavy atom. The Kier molecular flexibility index (Phi) is 3.03. The number of primary amides is 1. The highest BCUT2D eigenvalue weighted by Gasteiger charge is 2.21. The van der Waals surface area contributed by atoms with Crippen LogP contribution in [0.5, 0.6) is 0 Å². The lowest BCUT2D eigenvalue weighted by molar-refractivity contribution is -0.120. The quantitative estimate of drug-likeness (QED) is 0.661. The van der Waals surface area contributed by atoms with E-state index in [0.29, 0.717) is 13.0 Å². The van der Waals surface area contributed by atoms with Crippen molar-refractivity contribution in [3.63, 3.8) is 0 Å². The standard InChI is InChI=1S/C10H14N2O/c1-3-7-5-9(10(11)13)12-6-8(7)4-2/h3-4,9,12H,1-2,5-6H2,(H2,11,13). The van der Waals surface area contributed by atoms with E-state index in [-0.39, 0.29) is 11.9 Å². The molecule has 13 heavy (non-hydrogen) atoms. The summed E-state index contributed by atoms with van der Waals surface area (Å²) < 4.78 is 0. The Morgan fingerprint density at radius 2 is 2.08 bits per heavy atom. The van der Waals surface area contributed by atoms with Gasteiger partial charge in [0.25, 0.3) is 0 Å². The highest BCUT2D eigenvalue weighted by Crippen LogP contribution is 2.17. The number of allylic oxidation sites excluding steroid dienone is 1. The van der Waals surface area contributed by atoms with Gasteiger partial charge < -0.3 is 11.1 Å². The van der Waals surface area contributed by atoms with Crippen LogP contribution < -0.4 is 11.1 Å². The minimum Gasteiger partial charge on any atom is -0.368 e. The van der Waals surface area contributed by atoms with E-state index in [9.17, 15) is 4.79 Å². The average molecular weight is 178 g/mol. The monoisotopic (exact) mass is 178 g/mol. The van der Waals surface area contributed by atoms with Crippen LogP contribution in [-0.2, 0) is 4.79 Å². The molecule has 0 fully saturated rings. The lowest BCUT2D eigenvalue weighted by Gasteiger charge is -2.23. The molecule has 3 heteroatoms. The van der Waals surface area contributed by atoms with E-state index >= 15 is 0 Å². The first-order chi connectivity index (χ1) is 6.19. The van der Waals surface area contributed by atoms with Crippen LogP contribution in [0.4, 0.5) is 0 Å². The summed E-state index contributed by atoms with van der Waals surface area (Å²) in [7, 11) is 0. The second-order valence-electron chi connectivity index (χ2n) is 3.00. The summed E-state index contributed by atoms with van der Waals surface area (Å²) in [5, 5.41) is 3.03. The molecule has 0 bridgehead atoms. The predicted molar refractivity (Wildman–Crippen MR) is 53.0 cm³/mol. The molecule has 0 spiro atoms. The Balaban J connectivity index is 2.83. The van der Waals surface area contributed by atoms with Crippen molar-refractivity contribution in [2.75, 3.05) is 6.54 Å². The van der Waals surface area contributed by atoms with Gasteiger partial charge in [-0.1, -0.05) is 25.3 Å². The molecule has 0 aromatic carbocycles. The van der Waals surface area contributed by atoms with Crippen molar-refractivity contribution >= 4 is 5.91 Å². The van der Waals surface area contributed by atoms with Gasteiger partial charge in [0, 0.05) is 6.54 Å².